The summed E-state index contributed by atoms with van der Waals surface area (Å²) in [5.41, 5.74) is 16.7. The number of rotatable bonds is 6. The first-order valence-corrected chi connectivity index (χ1v) is 25.8. The molecule has 0 aliphatic rings. The maximum atomic E-state index is 6.07. The van der Waals surface area contributed by atoms with E-state index in [9.17, 15) is 0 Å². The SMILES string of the molecule is CC(C)(C)c1cc(N(c2ccccc2)c2ccccc2)c2c(c1)c1cc(C(C)(C)C)cc3c4nc5c(nc4n2c13)c1c2ccccc2cc2c3c4ccccc4cc(N(c4ccccc4)c4ccccc4)c3n5c21. The van der Waals surface area contributed by atoms with Crippen LogP contribution in [-0.4, -0.2) is 18.8 Å². The van der Waals surface area contributed by atoms with Gasteiger partial charge in [-0.1, -0.05) is 163 Å². The number of aromatic nitrogens is 4. The fraction of sp³-hybridized carbons (Fsp3) is 0.118. The summed E-state index contributed by atoms with van der Waals surface area (Å²) in [4.78, 5) is 17.0. The molecule has 5 heterocycles. The summed E-state index contributed by atoms with van der Waals surface area (Å²) in [5, 5.41) is 11.8. The van der Waals surface area contributed by atoms with Gasteiger partial charge in [-0.2, -0.15) is 0 Å². The average Bonchev–Trinajstić information content (AvgIpc) is 4.15. The van der Waals surface area contributed by atoms with E-state index in [1.54, 1.807) is 0 Å². The molecule has 0 unspecified atom stereocenters. The van der Waals surface area contributed by atoms with E-state index in [1.807, 2.05) is 0 Å². The van der Waals surface area contributed by atoms with Crippen molar-refractivity contribution in [2.75, 3.05) is 9.80 Å². The number of benzene rings is 10. The van der Waals surface area contributed by atoms with Crippen LogP contribution in [0.15, 0.2) is 206 Å². The van der Waals surface area contributed by atoms with Crippen LogP contribution >= 0.6 is 0 Å². The van der Waals surface area contributed by atoms with Gasteiger partial charge in [0.25, 0.3) is 0 Å². The van der Waals surface area contributed by atoms with Gasteiger partial charge in [0.1, 0.15) is 11.0 Å². The number of hydrogen-bond acceptors (Lipinski definition) is 4. The molecule has 0 bridgehead atoms. The molecule has 5 aromatic heterocycles. The highest BCUT2D eigenvalue weighted by molar-refractivity contribution is 6.36. The quantitative estimate of drug-likeness (QED) is 0.167. The molecule has 74 heavy (non-hydrogen) atoms. The van der Waals surface area contributed by atoms with Gasteiger partial charge in [0.05, 0.1) is 33.4 Å². The van der Waals surface area contributed by atoms with Crippen LogP contribution in [0.25, 0.3) is 98.3 Å². The van der Waals surface area contributed by atoms with E-state index in [0.717, 1.165) is 94.7 Å². The first kappa shape index (κ1) is 42.7. The second kappa shape index (κ2) is 15.3. The maximum absolute atomic E-state index is 6.07. The molecule has 15 rings (SSSR count). The molecule has 0 fully saturated rings. The van der Waals surface area contributed by atoms with Crippen LogP contribution in [0.3, 0.4) is 0 Å². The molecule has 0 spiro atoms. The molecule has 0 radical (unpaired) electrons. The number of hydrogen-bond donors (Lipinski definition) is 0. The first-order chi connectivity index (χ1) is 36.0. The van der Waals surface area contributed by atoms with Crippen molar-refractivity contribution < 1.29 is 0 Å². The molecule has 0 aliphatic heterocycles. The Labute approximate surface area is 428 Å². The van der Waals surface area contributed by atoms with Gasteiger partial charge in [-0.05, 0) is 128 Å². The van der Waals surface area contributed by atoms with Gasteiger partial charge >= 0.3 is 0 Å². The second-order valence-electron chi connectivity index (χ2n) is 22.3. The normalized spacial score (nSPS) is 12.7. The molecule has 0 amide bonds. The Morgan fingerprint density at radius 3 is 1.27 bits per heavy atom. The van der Waals surface area contributed by atoms with Gasteiger partial charge in [-0.25, -0.2) is 9.97 Å². The topological polar surface area (TPSA) is 41.1 Å². The summed E-state index contributed by atoms with van der Waals surface area (Å²) < 4.78 is 4.94. The number of anilines is 6. The standard InChI is InChI=1S/C68H52N6/c1-67(2,3)43-37-51-52-38-44(68(4,5)6)40-56(72(47-29-15-9-16-30-47)48-31-17-10-18-32-48)62(52)73-61(51)54(39-43)59-65(73)70-60-58-50-34-22-19-23-41(50)35-53-57-49-33-21-20-24-42(49)36-55(64(57)74(63(53)58)66(60)69-59)71(45-25-11-7-12-26-45)46-27-13-8-14-28-46/h7-40H,1-6H3. The van der Waals surface area contributed by atoms with Gasteiger partial charge in [0.2, 0.25) is 0 Å². The minimum absolute atomic E-state index is 0.139. The van der Waals surface area contributed by atoms with Crippen LogP contribution in [0, 0.1) is 0 Å². The van der Waals surface area contributed by atoms with E-state index in [0.29, 0.717) is 0 Å². The van der Waals surface area contributed by atoms with Crippen molar-refractivity contribution in [3.63, 3.8) is 0 Å². The Morgan fingerprint density at radius 1 is 0.324 bits per heavy atom. The van der Waals surface area contributed by atoms with Gasteiger partial charge in [0.15, 0.2) is 11.3 Å². The Kier molecular flexibility index (Phi) is 8.80. The van der Waals surface area contributed by atoms with Crippen molar-refractivity contribution in [3.8, 4) is 0 Å². The summed E-state index contributed by atoms with van der Waals surface area (Å²) in [6, 6.07) is 75.4. The highest BCUT2D eigenvalue weighted by Gasteiger charge is 2.32. The van der Waals surface area contributed by atoms with Crippen molar-refractivity contribution in [1.82, 2.24) is 18.8 Å². The zero-order valence-corrected chi connectivity index (χ0v) is 42.3. The predicted octanol–water partition coefficient (Wildman–Crippen LogP) is 18.6. The van der Waals surface area contributed by atoms with Crippen LogP contribution in [0.4, 0.5) is 34.1 Å². The summed E-state index contributed by atoms with van der Waals surface area (Å²) in [6.07, 6.45) is 0. The van der Waals surface area contributed by atoms with E-state index >= 15 is 0 Å². The fourth-order valence-electron chi connectivity index (χ4n) is 12.2. The van der Waals surface area contributed by atoms with Crippen molar-refractivity contribution in [2.24, 2.45) is 0 Å². The first-order valence-electron chi connectivity index (χ1n) is 25.8. The molecule has 0 atom stereocenters. The molecule has 0 N–H and O–H groups in total. The van der Waals surface area contributed by atoms with Gasteiger partial charge in [0, 0.05) is 55.1 Å². The van der Waals surface area contributed by atoms with E-state index in [1.165, 1.54) is 48.8 Å². The van der Waals surface area contributed by atoms with Crippen molar-refractivity contribution >= 4 is 132 Å². The third-order valence-corrected chi connectivity index (χ3v) is 15.7. The Balaban J connectivity index is 1.18. The average molecular weight is 953 g/mol. The highest BCUT2D eigenvalue weighted by atomic mass is 15.2. The van der Waals surface area contributed by atoms with Crippen LogP contribution < -0.4 is 9.80 Å². The van der Waals surface area contributed by atoms with Gasteiger partial charge < -0.3 is 9.80 Å². The van der Waals surface area contributed by atoms with Crippen LogP contribution in [0.2, 0.25) is 0 Å². The molecule has 10 aromatic carbocycles. The molecular weight excluding hydrogens is 901 g/mol. The molecule has 354 valence electrons. The molecule has 6 heteroatoms. The maximum Gasteiger partial charge on any atom is 0.165 e. The summed E-state index contributed by atoms with van der Waals surface area (Å²) in [5.74, 6) is 0. The van der Waals surface area contributed by atoms with Gasteiger partial charge in [-0.3, -0.25) is 8.80 Å². The lowest BCUT2D eigenvalue weighted by Crippen LogP contribution is -2.15. The highest BCUT2D eigenvalue weighted by Crippen LogP contribution is 2.52. The largest absolute Gasteiger partial charge is 0.308 e. The monoisotopic (exact) mass is 952 g/mol. The lowest BCUT2D eigenvalue weighted by Gasteiger charge is -2.29. The van der Waals surface area contributed by atoms with Crippen LogP contribution in [0.1, 0.15) is 52.7 Å². The Hall–Kier alpha value is -9.00. The summed E-state index contributed by atoms with van der Waals surface area (Å²) in [6.45, 7) is 13.9. The fourth-order valence-corrected chi connectivity index (χ4v) is 12.2. The lowest BCUT2D eigenvalue weighted by atomic mass is 9.84. The third-order valence-electron chi connectivity index (χ3n) is 15.7. The summed E-state index contributed by atoms with van der Waals surface area (Å²) >= 11 is 0. The molecule has 6 nitrogen and oxygen atoms in total. The van der Waals surface area contributed by atoms with E-state index in [-0.39, 0.29) is 10.8 Å². The summed E-state index contributed by atoms with van der Waals surface area (Å²) in [7, 11) is 0. The molecule has 15 aromatic rings. The Morgan fingerprint density at radius 2 is 0.730 bits per heavy atom. The van der Waals surface area contributed by atoms with Crippen molar-refractivity contribution in [1.29, 1.82) is 0 Å². The molecule has 0 saturated carbocycles. The van der Waals surface area contributed by atoms with E-state index < -0.39 is 0 Å². The van der Waals surface area contributed by atoms with E-state index in [4.69, 9.17) is 9.97 Å². The molecular formula is C68H52N6. The zero-order valence-electron chi connectivity index (χ0n) is 42.3. The Bertz CT molecular complexity index is 4640. The smallest absolute Gasteiger partial charge is 0.165 e. The lowest BCUT2D eigenvalue weighted by molar-refractivity contribution is 0.591. The second-order valence-corrected chi connectivity index (χ2v) is 22.3. The zero-order chi connectivity index (χ0) is 49.8. The molecule has 0 aliphatic carbocycles. The predicted molar refractivity (Wildman–Crippen MR) is 313 cm³/mol. The van der Waals surface area contributed by atoms with Crippen LogP contribution in [0.5, 0.6) is 0 Å². The van der Waals surface area contributed by atoms with Crippen molar-refractivity contribution in [2.45, 2.75) is 52.4 Å². The van der Waals surface area contributed by atoms with Gasteiger partial charge in [-0.15, -0.1) is 0 Å². The van der Waals surface area contributed by atoms with Crippen LogP contribution in [-0.2, 0) is 10.8 Å². The minimum atomic E-state index is -0.150. The number of fused-ring (bicyclic) bond motifs is 16. The number of para-hydroxylation sites is 4. The third kappa shape index (κ3) is 5.99. The van der Waals surface area contributed by atoms with Crippen molar-refractivity contribution in [3.05, 3.63) is 217 Å². The minimum Gasteiger partial charge on any atom is -0.308 e. The number of nitrogens with zero attached hydrogens (tertiary/aromatic N) is 6. The van der Waals surface area contributed by atoms with E-state index in [2.05, 4.69) is 266 Å². The molecule has 0 saturated heterocycles.